The zero-order valence-electron chi connectivity index (χ0n) is 16.0. The molecule has 2 aromatic heterocycles. The van der Waals surface area contributed by atoms with E-state index in [1.807, 2.05) is 0 Å². The number of carbonyl (C=O) groups is 1. The fourth-order valence-electron chi connectivity index (χ4n) is 3.86. The van der Waals surface area contributed by atoms with Crippen LogP contribution in [0, 0.1) is 11.6 Å². The second kappa shape index (κ2) is 6.86. The highest BCUT2D eigenvalue weighted by Gasteiger charge is 2.41. The normalized spacial score (nSPS) is 12.4. The molecule has 2 N–H and O–H groups in total. The highest BCUT2D eigenvalue weighted by atomic mass is 19.3. The van der Waals surface area contributed by atoms with E-state index in [2.05, 4.69) is 10.2 Å². The maximum atomic E-state index is 15.2. The molecule has 0 saturated carbocycles. The molecule has 0 fully saturated rings. The molecule has 5 nitrogen and oxygen atoms in total. The van der Waals surface area contributed by atoms with E-state index in [0.717, 1.165) is 12.1 Å². The molecule has 0 amide bonds. The summed E-state index contributed by atoms with van der Waals surface area (Å²) in [5.74, 6) is -7.99. The van der Waals surface area contributed by atoms with Crippen LogP contribution in [-0.2, 0) is 10.7 Å². The molecule has 156 valence electrons. The summed E-state index contributed by atoms with van der Waals surface area (Å²) in [5.41, 5.74) is 0.646. The molecule has 4 rings (SSSR count). The molecule has 4 aromatic rings. The standard InChI is InChI=1S/C21H17F4N3O2/c1-10(2)20-19(21(24,25)8-18(29)30)13-7-16-11(9-26-27-16)5-17(13)28(20)12-3-4-14(22)15(23)6-12/h3-7,9-10H,8H2,1-2H3,(H,26,27)(H,29,30). The lowest BCUT2D eigenvalue weighted by atomic mass is 9.96. The molecular formula is C21H17F4N3O2. The highest BCUT2D eigenvalue weighted by Crippen LogP contribution is 2.45. The van der Waals surface area contributed by atoms with Crippen LogP contribution in [0.2, 0.25) is 0 Å². The van der Waals surface area contributed by atoms with Crippen LogP contribution in [-0.4, -0.2) is 25.8 Å². The van der Waals surface area contributed by atoms with Crippen molar-refractivity contribution in [1.29, 1.82) is 0 Å². The monoisotopic (exact) mass is 419 g/mol. The quantitative estimate of drug-likeness (QED) is 0.421. The van der Waals surface area contributed by atoms with Crippen molar-refractivity contribution >= 4 is 27.8 Å². The molecular weight excluding hydrogens is 402 g/mol. The zero-order chi connectivity index (χ0) is 21.8. The van der Waals surface area contributed by atoms with Crippen molar-refractivity contribution in [3.8, 4) is 5.69 Å². The van der Waals surface area contributed by atoms with Gasteiger partial charge in [0.15, 0.2) is 11.6 Å². The van der Waals surface area contributed by atoms with Gasteiger partial charge in [0.1, 0.15) is 6.42 Å². The van der Waals surface area contributed by atoms with Gasteiger partial charge in [-0.25, -0.2) is 17.6 Å². The van der Waals surface area contributed by atoms with Crippen LogP contribution in [0.5, 0.6) is 0 Å². The second-order valence-corrected chi connectivity index (χ2v) is 7.45. The van der Waals surface area contributed by atoms with Crippen LogP contribution in [0.4, 0.5) is 17.6 Å². The van der Waals surface area contributed by atoms with Gasteiger partial charge in [-0.1, -0.05) is 13.8 Å². The molecule has 0 aliphatic carbocycles. The van der Waals surface area contributed by atoms with Crippen molar-refractivity contribution in [3.63, 3.8) is 0 Å². The highest BCUT2D eigenvalue weighted by molar-refractivity contribution is 5.99. The minimum atomic E-state index is -3.69. The van der Waals surface area contributed by atoms with Crippen LogP contribution >= 0.6 is 0 Å². The number of hydrogen-bond donors (Lipinski definition) is 2. The Morgan fingerprint density at radius 2 is 1.93 bits per heavy atom. The van der Waals surface area contributed by atoms with E-state index in [9.17, 15) is 13.6 Å². The Hall–Kier alpha value is -3.36. The lowest BCUT2D eigenvalue weighted by Gasteiger charge is -2.20. The number of carboxylic acids is 1. The largest absolute Gasteiger partial charge is 0.481 e. The fraction of sp³-hybridized carbons (Fsp3) is 0.238. The smallest absolute Gasteiger partial charge is 0.309 e. The number of nitrogens with one attached hydrogen (secondary N) is 1. The molecule has 0 saturated heterocycles. The van der Waals surface area contributed by atoms with E-state index in [-0.39, 0.29) is 16.8 Å². The average Bonchev–Trinajstić information content (AvgIpc) is 3.22. The van der Waals surface area contributed by atoms with E-state index >= 15 is 8.78 Å². The van der Waals surface area contributed by atoms with E-state index < -0.39 is 41.4 Å². The Morgan fingerprint density at radius 1 is 1.20 bits per heavy atom. The van der Waals surface area contributed by atoms with Gasteiger partial charge in [-0.05, 0) is 30.2 Å². The van der Waals surface area contributed by atoms with Crippen molar-refractivity contribution in [3.05, 3.63) is 59.4 Å². The summed E-state index contributed by atoms with van der Waals surface area (Å²) in [4.78, 5) is 11.1. The summed E-state index contributed by atoms with van der Waals surface area (Å²) < 4.78 is 59.3. The lowest BCUT2D eigenvalue weighted by Crippen LogP contribution is -2.21. The molecule has 0 bridgehead atoms. The van der Waals surface area contributed by atoms with E-state index in [1.165, 1.54) is 22.9 Å². The Morgan fingerprint density at radius 3 is 2.57 bits per heavy atom. The number of hydrogen-bond acceptors (Lipinski definition) is 2. The first-order valence-electron chi connectivity index (χ1n) is 9.17. The van der Waals surface area contributed by atoms with Gasteiger partial charge in [-0.15, -0.1) is 0 Å². The third-order valence-corrected chi connectivity index (χ3v) is 5.01. The molecule has 0 aliphatic heterocycles. The van der Waals surface area contributed by atoms with Crippen LogP contribution in [0.15, 0.2) is 36.5 Å². The molecule has 2 aromatic carbocycles. The summed E-state index contributed by atoms with van der Waals surface area (Å²) in [6.45, 7) is 3.36. The first kappa shape index (κ1) is 19.9. The second-order valence-electron chi connectivity index (χ2n) is 7.45. The number of nitrogens with zero attached hydrogens (tertiary/aromatic N) is 2. The van der Waals surface area contributed by atoms with Gasteiger partial charge in [-0.2, -0.15) is 5.10 Å². The summed E-state index contributed by atoms with van der Waals surface area (Å²) in [5, 5.41) is 16.4. The lowest BCUT2D eigenvalue weighted by molar-refractivity contribution is -0.145. The number of H-pyrrole nitrogens is 1. The van der Waals surface area contributed by atoms with Crippen LogP contribution in [0.3, 0.4) is 0 Å². The average molecular weight is 419 g/mol. The molecule has 0 radical (unpaired) electrons. The Kier molecular flexibility index (Phi) is 4.56. The predicted molar refractivity (Wildman–Crippen MR) is 103 cm³/mol. The van der Waals surface area contributed by atoms with Crippen molar-refractivity contribution < 1.29 is 27.5 Å². The number of halogens is 4. The topological polar surface area (TPSA) is 70.9 Å². The summed E-state index contributed by atoms with van der Waals surface area (Å²) in [6.07, 6.45) is 0.117. The summed E-state index contributed by atoms with van der Waals surface area (Å²) in [7, 11) is 0. The van der Waals surface area contributed by atoms with Crippen molar-refractivity contribution in [1.82, 2.24) is 14.8 Å². The summed E-state index contributed by atoms with van der Waals surface area (Å²) >= 11 is 0. The molecule has 30 heavy (non-hydrogen) atoms. The van der Waals surface area contributed by atoms with Gasteiger partial charge < -0.3 is 9.67 Å². The van der Waals surface area contributed by atoms with Crippen molar-refractivity contribution in [2.45, 2.75) is 32.1 Å². The maximum absolute atomic E-state index is 15.2. The number of alkyl halides is 2. The van der Waals surface area contributed by atoms with Crippen LogP contribution in [0.25, 0.3) is 27.5 Å². The van der Waals surface area contributed by atoms with Gasteiger partial charge in [0.25, 0.3) is 5.92 Å². The first-order chi connectivity index (χ1) is 14.1. The van der Waals surface area contributed by atoms with Crippen molar-refractivity contribution in [2.24, 2.45) is 0 Å². The minimum Gasteiger partial charge on any atom is -0.481 e. The minimum absolute atomic E-state index is 0.117. The maximum Gasteiger partial charge on any atom is 0.309 e. The Balaban J connectivity index is 2.17. The van der Waals surface area contributed by atoms with Gasteiger partial charge in [0.2, 0.25) is 0 Å². The van der Waals surface area contributed by atoms with E-state index in [0.29, 0.717) is 16.4 Å². The Labute approximate surface area is 167 Å². The molecule has 0 atom stereocenters. The number of carboxylic acid groups (broad SMARTS) is 1. The van der Waals surface area contributed by atoms with E-state index in [1.54, 1.807) is 19.9 Å². The van der Waals surface area contributed by atoms with E-state index in [4.69, 9.17) is 5.11 Å². The van der Waals surface area contributed by atoms with Gasteiger partial charge in [-0.3, -0.25) is 9.89 Å². The van der Waals surface area contributed by atoms with Gasteiger partial charge in [0, 0.05) is 28.2 Å². The number of rotatable bonds is 5. The number of benzene rings is 2. The zero-order valence-corrected chi connectivity index (χ0v) is 16.0. The van der Waals surface area contributed by atoms with Crippen LogP contribution < -0.4 is 0 Å². The molecule has 0 aliphatic rings. The molecule has 2 heterocycles. The van der Waals surface area contributed by atoms with Crippen molar-refractivity contribution in [2.75, 3.05) is 0 Å². The van der Waals surface area contributed by atoms with Gasteiger partial charge >= 0.3 is 5.97 Å². The molecule has 9 heteroatoms. The number of fused-ring (bicyclic) bond motifs is 2. The third kappa shape index (κ3) is 3.10. The molecule has 0 unspecified atom stereocenters. The fourth-order valence-corrected chi connectivity index (χ4v) is 3.86. The first-order valence-corrected chi connectivity index (χ1v) is 9.17. The van der Waals surface area contributed by atoms with Crippen LogP contribution in [0.1, 0.15) is 37.4 Å². The number of aromatic nitrogens is 3. The predicted octanol–water partition coefficient (Wildman–Crippen LogP) is 5.47. The molecule has 0 spiro atoms. The Bertz CT molecular complexity index is 1290. The number of aromatic amines is 1. The van der Waals surface area contributed by atoms with Gasteiger partial charge in [0.05, 0.1) is 22.8 Å². The summed E-state index contributed by atoms with van der Waals surface area (Å²) in [6, 6.07) is 6.24. The number of aliphatic carboxylic acids is 1. The third-order valence-electron chi connectivity index (χ3n) is 5.01. The SMILES string of the molecule is CC(C)c1c(C(F)(F)CC(=O)O)c2cc3[nH]ncc3cc2n1-c1ccc(F)c(F)c1.